The minimum atomic E-state index is -0.276. The van der Waals surface area contributed by atoms with Crippen molar-refractivity contribution in [2.45, 2.75) is 19.4 Å². The van der Waals surface area contributed by atoms with E-state index in [0.29, 0.717) is 0 Å². The number of morpholine rings is 1. The van der Waals surface area contributed by atoms with E-state index in [4.69, 9.17) is 4.74 Å². The summed E-state index contributed by atoms with van der Waals surface area (Å²) in [5.41, 5.74) is 1.10. The van der Waals surface area contributed by atoms with Crippen LogP contribution in [-0.2, 0) is 4.74 Å². The van der Waals surface area contributed by atoms with Crippen LogP contribution in [0.25, 0.3) is 0 Å². The molecule has 0 amide bonds. The summed E-state index contributed by atoms with van der Waals surface area (Å²) in [5, 5.41) is 13.6. The Morgan fingerprint density at radius 2 is 1.87 bits per heavy atom. The summed E-state index contributed by atoms with van der Waals surface area (Å²) in [6.45, 7) is 11.1. The van der Waals surface area contributed by atoms with E-state index in [-0.39, 0.29) is 6.10 Å². The van der Waals surface area contributed by atoms with Crippen LogP contribution < -0.4 is 4.90 Å². The van der Waals surface area contributed by atoms with Crippen LogP contribution in [0.4, 0.5) is 5.13 Å². The van der Waals surface area contributed by atoms with Gasteiger partial charge in [-0.25, -0.2) is 4.98 Å². The second-order valence-electron chi connectivity index (χ2n) is 6.48. The fourth-order valence-corrected chi connectivity index (χ4v) is 4.13. The number of aryl methyl sites for hydroxylation is 1. The zero-order chi connectivity index (χ0) is 16.1. The van der Waals surface area contributed by atoms with Crippen LogP contribution in [0.1, 0.15) is 12.1 Å². The lowest BCUT2D eigenvalue weighted by Crippen LogP contribution is -2.45. The fourth-order valence-electron chi connectivity index (χ4n) is 3.27. The van der Waals surface area contributed by atoms with Gasteiger partial charge in [-0.2, -0.15) is 0 Å². The molecule has 1 unspecified atom stereocenters. The Balaban J connectivity index is 1.44. The summed E-state index contributed by atoms with van der Waals surface area (Å²) in [4.78, 5) is 11.7. The van der Waals surface area contributed by atoms with E-state index in [1.165, 1.54) is 0 Å². The van der Waals surface area contributed by atoms with Crippen molar-refractivity contribution < 1.29 is 9.84 Å². The Labute approximate surface area is 142 Å². The number of β-amino-alcohol motifs (C(OH)–C–C–N with tert-alkyl or cyclic N) is 1. The Morgan fingerprint density at radius 1 is 1.13 bits per heavy atom. The van der Waals surface area contributed by atoms with Gasteiger partial charge in [0.25, 0.3) is 0 Å². The molecule has 0 spiro atoms. The van der Waals surface area contributed by atoms with Gasteiger partial charge in [-0.3, -0.25) is 9.80 Å². The van der Waals surface area contributed by atoms with Crippen LogP contribution in [0.3, 0.4) is 0 Å². The molecule has 1 N–H and O–H groups in total. The van der Waals surface area contributed by atoms with Crippen LogP contribution in [0.15, 0.2) is 5.38 Å². The number of anilines is 1. The van der Waals surface area contributed by atoms with Crippen molar-refractivity contribution in [3.05, 3.63) is 11.1 Å². The Kier molecular flexibility index (Phi) is 6.24. The lowest BCUT2D eigenvalue weighted by Gasteiger charge is -2.30. The van der Waals surface area contributed by atoms with Crippen molar-refractivity contribution in [1.29, 1.82) is 0 Å². The number of aliphatic hydroxyl groups excluding tert-OH is 1. The molecular weight excluding hydrogens is 312 g/mol. The standard InChI is InChI=1S/C16H28N4O2S/c1-14-13-23-16(17-14)20-4-2-3-18(5-6-20)11-15(21)12-19-7-9-22-10-8-19/h13,15,21H,2-12H2,1H3. The number of ether oxygens (including phenoxy) is 1. The molecule has 6 nitrogen and oxygen atoms in total. The van der Waals surface area contributed by atoms with Crippen LogP contribution in [-0.4, -0.2) is 91.6 Å². The van der Waals surface area contributed by atoms with E-state index in [0.717, 1.165) is 82.8 Å². The zero-order valence-corrected chi connectivity index (χ0v) is 14.8. The molecule has 1 aromatic heterocycles. The Morgan fingerprint density at radius 3 is 2.57 bits per heavy atom. The molecule has 0 radical (unpaired) electrons. The monoisotopic (exact) mass is 340 g/mol. The highest BCUT2D eigenvalue weighted by molar-refractivity contribution is 7.13. The SMILES string of the molecule is Cc1csc(N2CCCN(CC(O)CN3CCOCC3)CC2)n1. The van der Waals surface area contributed by atoms with Gasteiger partial charge < -0.3 is 14.7 Å². The van der Waals surface area contributed by atoms with E-state index < -0.39 is 0 Å². The van der Waals surface area contributed by atoms with E-state index in [1.807, 2.05) is 6.92 Å². The van der Waals surface area contributed by atoms with Crippen molar-refractivity contribution >= 4 is 16.5 Å². The maximum absolute atomic E-state index is 10.4. The third kappa shape index (κ3) is 5.12. The van der Waals surface area contributed by atoms with E-state index in [2.05, 4.69) is 25.1 Å². The molecule has 3 rings (SSSR count). The number of aliphatic hydroxyl groups is 1. The molecule has 2 aliphatic rings. The molecule has 0 aromatic carbocycles. The summed E-state index contributed by atoms with van der Waals surface area (Å²) in [6.07, 6.45) is 0.852. The fraction of sp³-hybridized carbons (Fsp3) is 0.812. The number of aromatic nitrogens is 1. The molecule has 23 heavy (non-hydrogen) atoms. The number of thiazole rings is 1. The average Bonchev–Trinajstić information content (AvgIpc) is 2.84. The van der Waals surface area contributed by atoms with Crippen molar-refractivity contribution in [2.75, 3.05) is 70.5 Å². The molecule has 0 bridgehead atoms. The van der Waals surface area contributed by atoms with Gasteiger partial charge in [-0.15, -0.1) is 11.3 Å². The maximum atomic E-state index is 10.4. The van der Waals surface area contributed by atoms with Crippen molar-refractivity contribution in [2.24, 2.45) is 0 Å². The number of hydrogen-bond acceptors (Lipinski definition) is 7. The Bertz CT molecular complexity index is 478. The third-order valence-corrected chi connectivity index (χ3v) is 5.53. The summed E-state index contributed by atoms with van der Waals surface area (Å²) >= 11 is 1.73. The largest absolute Gasteiger partial charge is 0.390 e. The van der Waals surface area contributed by atoms with Crippen molar-refractivity contribution in [3.63, 3.8) is 0 Å². The van der Waals surface area contributed by atoms with Gasteiger partial charge in [0.05, 0.1) is 25.0 Å². The highest BCUT2D eigenvalue weighted by atomic mass is 32.1. The molecule has 1 aromatic rings. The quantitative estimate of drug-likeness (QED) is 0.850. The van der Waals surface area contributed by atoms with E-state index in [1.54, 1.807) is 11.3 Å². The highest BCUT2D eigenvalue weighted by Gasteiger charge is 2.21. The molecule has 0 aliphatic carbocycles. The van der Waals surface area contributed by atoms with Crippen LogP contribution in [0.5, 0.6) is 0 Å². The third-order valence-electron chi connectivity index (χ3n) is 4.51. The average molecular weight is 340 g/mol. The van der Waals surface area contributed by atoms with Crippen molar-refractivity contribution in [1.82, 2.24) is 14.8 Å². The topological polar surface area (TPSA) is 52.1 Å². The normalized spacial score (nSPS) is 23.0. The Hall–Kier alpha value is -0.730. The second-order valence-corrected chi connectivity index (χ2v) is 7.32. The molecule has 0 saturated carbocycles. The minimum absolute atomic E-state index is 0.276. The van der Waals surface area contributed by atoms with Gasteiger partial charge in [-0.1, -0.05) is 0 Å². The summed E-state index contributed by atoms with van der Waals surface area (Å²) in [5.74, 6) is 0. The van der Waals surface area contributed by atoms with Gasteiger partial charge in [-0.05, 0) is 19.9 Å². The van der Waals surface area contributed by atoms with E-state index >= 15 is 0 Å². The maximum Gasteiger partial charge on any atom is 0.185 e. The molecule has 1 atom stereocenters. The van der Waals surface area contributed by atoms with Gasteiger partial charge in [0.1, 0.15) is 0 Å². The lowest BCUT2D eigenvalue weighted by molar-refractivity contribution is 0.00742. The first-order valence-electron chi connectivity index (χ1n) is 8.58. The van der Waals surface area contributed by atoms with Gasteiger partial charge in [0, 0.05) is 51.2 Å². The number of nitrogens with zero attached hydrogens (tertiary/aromatic N) is 4. The lowest BCUT2D eigenvalue weighted by atomic mass is 10.2. The van der Waals surface area contributed by atoms with Crippen LogP contribution in [0, 0.1) is 6.92 Å². The predicted molar refractivity (Wildman–Crippen MR) is 93.4 cm³/mol. The first-order valence-corrected chi connectivity index (χ1v) is 9.46. The first kappa shape index (κ1) is 17.1. The molecule has 7 heteroatoms. The predicted octanol–water partition coefficient (Wildman–Crippen LogP) is 0.657. The zero-order valence-electron chi connectivity index (χ0n) is 14.0. The number of rotatable bonds is 5. The molecule has 130 valence electrons. The smallest absolute Gasteiger partial charge is 0.185 e. The summed E-state index contributed by atoms with van der Waals surface area (Å²) in [6, 6.07) is 0. The molecule has 2 saturated heterocycles. The summed E-state index contributed by atoms with van der Waals surface area (Å²) in [7, 11) is 0. The molecule has 2 fully saturated rings. The second kappa shape index (κ2) is 8.39. The minimum Gasteiger partial charge on any atom is -0.390 e. The van der Waals surface area contributed by atoms with Crippen molar-refractivity contribution in [3.8, 4) is 0 Å². The first-order chi connectivity index (χ1) is 11.2. The highest BCUT2D eigenvalue weighted by Crippen LogP contribution is 2.21. The molecule has 2 aliphatic heterocycles. The van der Waals surface area contributed by atoms with E-state index in [9.17, 15) is 5.11 Å². The number of hydrogen-bond donors (Lipinski definition) is 1. The van der Waals surface area contributed by atoms with Gasteiger partial charge >= 0.3 is 0 Å². The van der Waals surface area contributed by atoms with Crippen LogP contribution >= 0.6 is 11.3 Å². The van der Waals surface area contributed by atoms with Crippen LogP contribution in [0.2, 0.25) is 0 Å². The summed E-state index contributed by atoms with van der Waals surface area (Å²) < 4.78 is 5.36. The molecule has 3 heterocycles. The van der Waals surface area contributed by atoms with Gasteiger partial charge in [0.2, 0.25) is 0 Å². The molecular formula is C16H28N4O2S. The van der Waals surface area contributed by atoms with Gasteiger partial charge in [0.15, 0.2) is 5.13 Å².